The van der Waals surface area contributed by atoms with Crippen LogP contribution in [0.5, 0.6) is 5.75 Å². The lowest BCUT2D eigenvalue weighted by molar-refractivity contribution is -0.137. The van der Waals surface area contributed by atoms with Crippen LogP contribution in [-0.4, -0.2) is 16.1 Å². The molecule has 21 heavy (non-hydrogen) atoms. The van der Waals surface area contributed by atoms with Gasteiger partial charge in [0.05, 0.1) is 5.56 Å². The Morgan fingerprint density at radius 3 is 2.43 bits per heavy atom. The quantitative estimate of drug-likeness (QED) is 0.940. The number of hydrogen-bond donors (Lipinski definition) is 1. The first kappa shape index (κ1) is 14.8. The van der Waals surface area contributed by atoms with E-state index in [2.05, 4.69) is 4.98 Å². The Balaban J connectivity index is 2.03. The number of nitrogens with zero attached hydrogens (tertiary/aromatic N) is 1. The molecule has 0 radical (unpaired) electrons. The van der Waals surface area contributed by atoms with E-state index >= 15 is 0 Å². The molecule has 0 aliphatic heterocycles. The average molecular weight is 297 g/mol. The number of aromatic carboxylic acids is 1. The summed E-state index contributed by atoms with van der Waals surface area (Å²) in [6.45, 7) is 0.0290. The Hall–Kier alpha value is -2.57. The second-order valence-electron chi connectivity index (χ2n) is 4.17. The molecule has 0 spiro atoms. The lowest BCUT2D eigenvalue weighted by atomic mass is 10.1. The van der Waals surface area contributed by atoms with Crippen molar-refractivity contribution in [3.63, 3.8) is 0 Å². The minimum absolute atomic E-state index is 0.0290. The first-order valence-corrected chi connectivity index (χ1v) is 5.84. The van der Waals surface area contributed by atoms with Gasteiger partial charge in [0, 0.05) is 12.3 Å². The number of carboxylic acid groups (broad SMARTS) is 1. The highest BCUT2D eigenvalue weighted by molar-refractivity contribution is 5.85. The molecule has 1 heterocycles. The van der Waals surface area contributed by atoms with E-state index in [0.29, 0.717) is 5.56 Å². The molecule has 7 heteroatoms. The maximum Gasteiger partial charge on any atom is 0.416 e. The van der Waals surface area contributed by atoms with Crippen LogP contribution >= 0.6 is 0 Å². The van der Waals surface area contributed by atoms with Crippen molar-refractivity contribution < 1.29 is 27.8 Å². The number of carbonyl (C=O) groups is 1. The monoisotopic (exact) mass is 297 g/mol. The fourth-order valence-electron chi connectivity index (χ4n) is 1.57. The van der Waals surface area contributed by atoms with Gasteiger partial charge in [0.15, 0.2) is 5.69 Å². The smallest absolute Gasteiger partial charge is 0.416 e. The van der Waals surface area contributed by atoms with Crippen LogP contribution in [0, 0.1) is 0 Å². The first-order chi connectivity index (χ1) is 9.86. The van der Waals surface area contributed by atoms with Crippen LogP contribution in [0.25, 0.3) is 0 Å². The highest BCUT2D eigenvalue weighted by atomic mass is 19.4. The van der Waals surface area contributed by atoms with Crippen molar-refractivity contribution in [2.45, 2.75) is 12.8 Å². The number of alkyl halides is 3. The summed E-state index contributed by atoms with van der Waals surface area (Å²) < 4.78 is 42.5. The van der Waals surface area contributed by atoms with Crippen molar-refractivity contribution in [2.24, 2.45) is 0 Å². The summed E-state index contributed by atoms with van der Waals surface area (Å²) in [6.07, 6.45) is -3.09. The number of aromatic nitrogens is 1. The van der Waals surface area contributed by atoms with Gasteiger partial charge in [-0.3, -0.25) is 0 Å². The number of hydrogen-bond acceptors (Lipinski definition) is 3. The Labute approximate surface area is 117 Å². The standard InChI is InChI=1S/C14H10F3NO3/c15-14(16,17)10-3-1-9(2-4-10)8-21-11-5-6-18-12(7-11)13(19)20/h1-7H,8H2,(H,19,20). The summed E-state index contributed by atoms with van der Waals surface area (Å²) in [5.74, 6) is -0.905. The maximum atomic E-state index is 12.4. The largest absolute Gasteiger partial charge is 0.489 e. The second-order valence-corrected chi connectivity index (χ2v) is 4.17. The van der Waals surface area contributed by atoms with Gasteiger partial charge < -0.3 is 9.84 Å². The van der Waals surface area contributed by atoms with Gasteiger partial charge in [-0.1, -0.05) is 12.1 Å². The van der Waals surface area contributed by atoms with Crippen molar-refractivity contribution in [3.05, 3.63) is 59.4 Å². The van der Waals surface area contributed by atoms with Crippen LogP contribution in [0.2, 0.25) is 0 Å². The topological polar surface area (TPSA) is 59.4 Å². The maximum absolute atomic E-state index is 12.4. The van der Waals surface area contributed by atoms with E-state index in [1.54, 1.807) is 0 Å². The van der Waals surface area contributed by atoms with E-state index in [1.807, 2.05) is 0 Å². The van der Waals surface area contributed by atoms with E-state index in [9.17, 15) is 18.0 Å². The third-order valence-corrected chi connectivity index (χ3v) is 2.64. The number of carboxylic acids is 1. The van der Waals surface area contributed by atoms with Crippen LogP contribution < -0.4 is 4.74 Å². The molecule has 0 aliphatic rings. The summed E-state index contributed by atoms with van der Waals surface area (Å²) in [6, 6.07) is 7.26. The van der Waals surface area contributed by atoms with Gasteiger partial charge in [0.1, 0.15) is 12.4 Å². The molecule has 1 aromatic carbocycles. The van der Waals surface area contributed by atoms with E-state index in [-0.39, 0.29) is 18.1 Å². The number of benzene rings is 1. The zero-order valence-corrected chi connectivity index (χ0v) is 10.6. The summed E-state index contributed by atoms with van der Waals surface area (Å²) in [4.78, 5) is 14.4. The fourth-order valence-corrected chi connectivity index (χ4v) is 1.57. The zero-order chi connectivity index (χ0) is 15.5. The highest BCUT2D eigenvalue weighted by Gasteiger charge is 2.29. The molecular weight excluding hydrogens is 287 g/mol. The number of halogens is 3. The summed E-state index contributed by atoms with van der Waals surface area (Å²) in [5.41, 5.74) is -0.361. The molecular formula is C14H10F3NO3. The van der Waals surface area contributed by atoms with Crippen LogP contribution in [-0.2, 0) is 12.8 Å². The van der Waals surface area contributed by atoms with Gasteiger partial charge in [0.25, 0.3) is 0 Å². The molecule has 0 bridgehead atoms. The second kappa shape index (κ2) is 5.82. The van der Waals surface area contributed by atoms with E-state index < -0.39 is 17.7 Å². The van der Waals surface area contributed by atoms with Crippen LogP contribution in [0.1, 0.15) is 21.6 Å². The highest BCUT2D eigenvalue weighted by Crippen LogP contribution is 2.29. The van der Waals surface area contributed by atoms with Crippen molar-refractivity contribution in [1.29, 1.82) is 0 Å². The van der Waals surface area contributed by atoms with Gasteiger partial charge in [-0.2, -0.15) is 13.2 Å². The molecule has 0 unspecified atom stereocenters. The molecule has 0 atom stereocenters. The number of ether oxygens (including phenoxy) is 1. The van der Waals surface area contributed by atoms with E-state index in [1.165, 1.54) is 30.5 Å². The number of rotatable bonds is 4. The molecule has 0 saturated heterocycles. The normalized spacial score (nSPS) is 11.2. The average Bonchev–Trinajstić information content (AvgIpc) is 2.45. The lowest BCUT2D eigenvalue weighted by Gasteiger charge is -2.09. The first-order valence-electron chi connectivity index (χ1n) is 5.84. The van der Waals surface area contributed by atoms with Gasteiger partial charge in [-0.25, -0.2) is 9.78 Å². The van der Waals surface area contributed by atoms with Crippen molar-refractivity contribution in [3.8, 4) is 5.75 Å². The molecule has 0 aliphatic carbocycles. The molecule has 4 nitrogen and oxygen atoms in total. The Morgan fingerprint density at radius 2 is 1.86 bits per heavy atom. The summed E-state index contributed by atoms with van der Waals surface area (Å²) in [5, 5.41) is 8.78. The molecule has 1 N–H and O–H groups in total. The zero-order valence-electron chi connectivity index (χ0n) is 10.6. The number of pyridine rings is 1. The van der Waals surface area contributed by atoms with Crippen molar-refractivity contribution in [1.82, 2.24) is 4.98 Å². The molecule has 0 amide bonds. The molecule has 0 saturated carbocycles. The van der Waals surface area contributed by atoms with Crippen LogP contribution in [0.4, 0.5) is 13.2 Å². The molecule has 2 aromatic rings. The van der Waals surface area contributed by atoms with Gasteiger partial charge in [0.2, 0.25) is 0 Å². The Bertz CT molecular complexity index is 639. The summed E-state index contributed by atoms with van der Waals surface area (Å²) >= 11 is 0. The van der Waals surface area contributed by atoms with Gasteiger partial charge >= 0.3 is 12.1 Å². The predicted octanol–water partition coefficient (Wildman–Crippen LogP) is 3.38. The molecule has 0 fully saturated rings. The van der Waals surface area contributed by atoms with Crippen LogP contribution in [0.15, 0.2) is 42.6 Å². The molecule has 110 valence electrons. The third kappa shape index (κ3) is 3.95. The SMILES string of the molecule is O=C(O)c1cc(OCc2ccc(C(F)(F)F)cc2)ccn1. The molecule has 2 rings (SSSR count). The van der Waals surface area contributed by atoms with E-state index in [4.69, 9.17) is 9.84 Å². The van der Waals surface area contributed by atoms with Crippen LogP contribution in [0.3, 0.4) is 0 Å². The van der Waals surface area contributed by atoms with Crippen molar-refractivity contribution in [2.75, 3.05) is 0 Å². The molecule has 1 aromatic heterocycles. The van der Waals surface area contributed by atoms with Gasteiger partial charge in [-0.15, -0.1) is 0 Å². The Kier molecular flexibility index (Phi) is 4.11. The van der Waals surface area contributed by atoms with E-state index in [0.717, 1.165) is 12.1 Å². The summed E-state index contributed by atoms with van der Waals surface area (Å²) in [7, 11) is 0. The minimum atomic E-state index is -4.37. The Morgan fingerprint density at radius 1 is 1.19 bits per heavy atom. The van der Waals surface area contributed by atoms with Gasteiger partial charge in [-0.05, 0) is 23.8 Å². The lowest BCUT2D eigenvalue weighted by Crippen LogP contribution is -2.05. The predicted molar refractivity (Wildman–Crippen MR) is 67.0 cm³/mol. The minimum Gasteiger partial charge on any atom is -0.489 e. The van der Waals surface area contributed by atoms with Crippen molar-refractivity contribution >= 4 is 5.97 Å². The third-order valence-electron chi connectivity index (χ3n) is 2.64. The fraction of sp³-hybridized carbons (Fsp3) is 0.143.